The van der Waals surface area contributed by atoms with Gasteiger partial charge in [-0.3, -0.25) is 19.2 Å². The summed E-state index contributed by atoms with van der Waals surface area (Å²) in [6.07, 6.45) is 4.79. The first-order valence-corrected chi connectivity index (χ1v) is 19.1. The predicted octanol–water partition coefficient (Wildman–Crippen LogP) is 5.74. The molecule has 3 amide bonds. The number of allylic oxidation sites excluding steroid dienone is 1. The van der Waals surface area contributed by atoms with Crippen molar-refractivity contribution in [3.63, 3.8) is 0 Å². The number of benzene rings is 1. The van der Waals surface area contributed by atoms with Gasteiger partial charge in [-0.1, -0.05) is 93.0 Å². The summed E-state index contributed by atoms with van der Waals surface area (Å²) in [6.45, 7) is 21.9. The Kier molecular flexibility index (Phi) is 13.0. The van der Waals surface area contributed by atoms with Crippen LogP contribution in [0.2, 0.25) is 0 Å². The fourth-order valence-corrected chi connectivity index (χ4v) is 9.75. The van der Waals surface area contributed by atoms with Crippen LogP contribution in [-0.2, 0) is 28.7 Å². The Labute approximate surface area is 312 Å². The number of hydrogen-bond donors (Lipinski definition) is 2. The van der Waals surface area contributed by atoms with Crippen molar-refractivity contribution in [1.82, 2.24) is 15.1 Å². The first-order valence-electron chi connectivity index (χ1n) is 18.2. The minimum absolute atomic E-state index is 0.0982. The number of esters is 1. The Balaban J connectivity index is 1.77. The first-order chi connectivity index (χ1) is 23.9. The predicted molar refractivity (Wildman–Crippen MR) is 201 cm³/mol. The maximum absolute atomic E-state index is 15.2. The third-order valence-electron chi connectivity index (χ3n) is 10.4. The summed E-state index contributed by atoms with van der Waals surface area (Å²) in [5.74, 6) is -3.26. The number of aliphatic hydroxyl groups is 1. The minimum atomic E-state index is -1.31. The second-order valence-electron chi connectivity index (χ2n) is 16.6. The number of alkyl halides is 1. The molecule has 3 aliphatic heterocycles. The monoisotopic (exact) mass is 771 g/mol. The molecule has 0 radical (unpaired) electrons. The molecule has 3 aliphatic rings. The number of nitrogens with zero attached hydrogens (tertiary/aromatic N) is 2. The maximum Gasteiger partial charge on any atom is 0.306 e. The Bertz CT molecular complexity index is 1440. The van der Waals surface area contributed by atoms with Gasteiger partial charge in [0.05, 0.1) is 36.6 Å². The van der Waals surface area contributed by atoms with Crippen LogP contribution in [0.25, 0.3) is 0 Å². The van der Waals surface area contributed by atoms with Crippen LogP contribution in [-0.4, -0.2) is 92.5 Å². The molecule has 4 rings (SSSR count). The van der Waals surface area contributed by atoms with Gasteiger partial charge in [0.15, 0.2) is 0 Å². The van der Waals surface area contributed by atoms with E-state index in [0.29, 0.717) is 25.7 Å². The van der Waals surface area contributed by atoms with E-state index in [1.54, 1.807) is 22.0 Å². The van der Waals surface area contributed by atoms with Gasteiger partial charge in [-0.2, -0.15) is 0 Å². The largest absolute Gasteiger partial charge is 0.463 e. The Morgan fingerprint density at radius 3 is 2.39 bits per heavy atom. The van der Waals surface area contributed by atoms with Gasteiger partial charge in [0.1, 0.15) is 18.2 Å². The van der Waals surface area contributed by atoms with E-state index in [4.69, 9.17) is 9.47 Å². The topological polar surface area (TPSA) is 125 Å². The van der Waals surface area contributed by atoms with E-state index in [9.17, 15) is 19.5 Å². The van der Waals surface area contributed by atoms with Crippen LogP contribution >= 0.6 is 15.9 Å². The molecule has 1 spiro atoms. The number of rotatable bonds is 17. The molecular weight excluding hydrogens is 714 g/mol. The van der Waals surface area contributed by atoms with Crippen molar-refractivity contribution in [3.05, 3.63) is 61.2 Å². The van der Waals surface area contributed by atoms with E-state index < -0.39 is 59.1 Å². The number of hydrogen-bond acceptors (Lipinski definition) is 7. The SMILES string of the molecule is C=CCCC(=O)OC[C@@H](NC(=O)[C@@H]1[C@H]2O[C@@]3(CC2Br)[C@H](C(=O)N(CC=C)C(C)(C)CC(C)(C)C)N([C@@H](CO)CC(C)C)C(=O)[C@@H]13)c1ccccc1. The van der Waals surface area contributed by atoms with Crippen LogP contribution in [0.3, 0.4) is 0 Å². The lowest BCUT2D eigenvalue weighted by Gasteiger charge is -2.46. The summed E-state index contributed by atoms with van der Waals surface area (Å²) in [4.78, 5) is 60.1. The number of fused-ring (bicyclic) bond motifs is 1. The molecular formula is C40H58BrN3O7. The number of carbonyl (C=O) groups is 4. The van der Waals surface area contributed by atoms with Crippen LogP contribution in [0.4, 0.5) is 0 Å². The highest BCUT2D eigenvalue weighted by Crippen LogP contribution is 2.61. The molecule has 3 saturated heterocycles. The van der Waals surface area contributed by atoms with Gasteiger partial charge in [-0.25, -0.2) is 0 Å². The van der Waals surface area contributed by atoms with Crippen LogP contribution < -0.4 is 5.32 Å². The summed E-state index contributed by atoms with van der Waals surface area (Å²) in [5, 5.41) is 13.8. The molecule has 1 aromatic carbocycles. The van der Waals surface area contributed by atoms with E-state index in [1.165, 1.54) is 0 Å². The molecule has 3 heterocycles. The fourth-order valence-electron chi connectivity index (χ4n) is 8.81. The quantitative estimate of drug-likeness (QED) is 0.118. The molecule has 10 nitrogen and oxygen atoms in total. The third kappa shape index (κ3) is 8.62. The van der Waals surface area contributed by atoms with Gasteiger partial charge < -0.3 is 29.7 Å². The van der Waals surface area contributed by atoms with Gasteiger partial charge >= 0.3 is 5.97 Å². The molecule has 51 heavy (non-hydrogen) atoms. The number of amides is 3. The maximum atomic E-state index is 15.2. The van der Waals surface area contributed by atoms with Crippen molar-refractivity contribution >= 4 is 39.6 Å². The summed E-state index contributed by atoms with van der Waals surface area (Å²) in [7, 11) is 0. The summed E-state index contributed by atoms with van der Waals surface area (Å²) in [6, 6.07) is 6.82. The van der Waals surface area contributed by atoms with Gasteiger partial charge in [-0.15, -0.1) is 13.2 Å². The first kappa shape index (κ1) is 40.7. The van der Waals surface area contributed by atoms with Crippen LogP contribution in [0, 0.1) is 23.2 Å². The van der Waals surface area contributed by atoms with Gasteiger partial charge in [0, 0.05) is 23.3 Å². The molecule has 0 saturated carbocycles. The molecule has 1 unspecified atom stereocenters. The number of aliphatic hydroxyl groups excluding tert-OH is 1. The third-order valence-corrected chi connectivity index (χ3v) is 11.2. The van der Waals surface area contributed by atoms with Gasteiger partial charge in [-0.05, 0) is 56.4 Å². The molecule has 1 aromatic rings. The average Bonchev–Trinajstić information content (AvgIpc) is 3.65. The highest BCUT2D eigenvalue weighted by Gasteiger charge is 2.77. The molecule has 8 atom stereocenters. The van der Waals surface area contributed by atoms with E-state index >= 15 is 4.79 Å². The zero-order chi connectivity index (χ0) is 37.9. The molecule has 3 fully saturated rings. The van der Waals surface area contributed by atoms with Gasteiger partial charge in [0.2, 0.25) is 17.7 Å². The normalized spacial score (nSPS) is 26.8. The van der Waals surface area contributed by atoms with E-state index in [2.05, 4.69) is 55.2 Å². The zero-order valence-electron chi connectivity index (χ0n) is 31.4. The summed E-state index contributed by atoms with van der Waals surface area (Å²) in [5.41, 5.74) is -1.30. The van der Waals surface area contributed by atoms with E-state index in [1.807, 2.05) is 58.0 Å². The van der Waals surface area contributed by atoms with Crippen molar-refractivity contribution in [1.29, 1.82) is 0 Å². The zero-order valence-corrected chi connectivity index (χ0v) is 33.0. The Hall–Kier alpha value is -3.02. The summed E-state index contributed by atoms with van der Waals surface area (Å²) < 4.78 is 12.4. The summed E-state index contributed by atoms with van der Waals surface area (Å²) >= 11 is 3.78. The number of halogens is 1. The number of nitrogens with one attached hydrogen (secondary N) is 1. The number of likely N-dealkylation sites (tertiary alicyclic amines) is 1. The Morgan fingerprint density at radius 2 is 1.82 bits per heavy atom. The average molecular weight is 773 g/mol. The van der Waals surface area contributed by atoms with Crippen molar-refractivity contribution < 1.29 is 33.8 Å². The van der Waals surface area contributed by atoms with E-state index in [-0.39, 0.29) is 54.2 Å². The Morgan fingerprint density at radius 1 is 1.16 bits per heavy atom. The highest BCUT2D eigenvalue weighted by molar-refractivity contribution is 9.09. The molecule has 2 N–H and O–H groups in total. The van der Waals surface area contributed by atoms with Crippen LogP contribution in [0.5, 0.6) is 0 Å². The van der Waals surface area contributed by atoms with Gasteiger partial charge in [0.25, 0.3) is 0 Å². The standard InChI is InChI=1S/C40H58BrN3O7/c1-10-12-18-30(46)50-23-29(26-16-14-13-15-17-26)42-35(47)31-32-36(48)44(27(22-45)20-25(3)4)34(40(32)21-28(41)33(31)51-40)37(49)43(19-11-2)39(8,9)24-38(5,6)7/h10-11,13-17,25,27-29,31-34,45H,1-2,12,18-24H2,3-9H3,(H,42,47)/t27-,28?,29-,31+,32-,33+,34+,40-/m1/s1. The number of ether oxygens (including phenoxy) is 2. The molecule has 0 aliphatic carbocycles. The lowest BCUT2D eigenvalue weighted by Crippen LogP contribution is -2.62. The molecule has 282 valence electrons. The lowest BCUT2D eigenvalue weighted by atomic mass is 9.70. The van der Waals surface area contributed by atoms with Crippen LogP contribution in [0.15, 0.2) is 55.6 Å². The van der Waals surface area contributed by atoms with E-state index in [0.717, 1.165) is 5.56 Å². The second kappa shape index (κ2) is 16.3. The van der Waals surface area contributed by atoms with Crippen molar-refractivity contribution in [2.24, 2.45) is 23.2 Å². The minimum Gasteiger partial charge on any atom is -0.463 e. The van der Waals surface area contributed by atoms with Crippen molar-refractivity contribution in [2.75, 3.05) is 19.8 Å². The van der Waals surface area contributed by atoms with Crippen molar-refractivity contribution in [3.8, 4) is 0 Å². The molecule has 11 heteroatoms. The number of carbonyl (C=O) groups excluding carboxylic acids is 4. The second-order valence-corrected chi connectivity index (χ2v) is 17.8. The van der Waals surface area contributed by atoms with Crippen molar-refractivity contribution in [2.45, 2.75) is 121 Å². The van der Waals surface area contributed by atoms with Crippen LogP contribution in [0.1, 0.15) is 92.2 Å². The highest BCUT2D eigenvalue weighted by atomic mass is 79.9. The lowest BCUT2D eigenvalue weighted by molar-refractivity contribution is -0.156. The molecule has 0 aromatic heterocycles. The smallest absolute Gasteiger partial charge is 0.306 e. The fraction of sp³-hybridized carbons (Fsp3) is 0.650. The molecule has 2 bridgehead atoms.